The predicted molar refractivity (Wildman–Crippen MR) is 93.4 cm³/mol. The van der Waals surface area contributed by atoms with Gasteiger partial charge in [-0.15, -0.1) is 0 Å². The number of fused-ring (bicyclic) bond motifs is 1. The molecule has 1 aromatic heterocycles. The Morgan fingerprint density at radius 2 is 1.78 bits per heavy atom. The first-order valence-electron chi connectivity index (χ1n) is 7.94. The summed E-state index contributed by atoms with van der Waals surface area (Å²) in [6.45, 7) is 5.56. The molecule has 3 heteroatoms. The molecule has 0 atom stereocenters. The van der Waals surface area contributed by atoms with E-state index in [9.17, 15) is 4.79 Å². The van der Waals surface area contributed by atoms with Crippen LogP contribution in [0.15, 0.2) is 48.5 Å². The number of hydrogen-bond donors (Lipinski definition) is 0. The molecule has 0 N–H and O–H groups in total. The summed E-state index contributed by atoms with van der Waals surface area (Å²) in [7, 11) is 0. The molecule has 3 nitrogen and oxygen atoms in total. The van der Waals surface area contributed by atoms with Gasteiger partial charge in [0, 0.05) is 28.7 Å². The van der Waals surface area contributed by atoms with Crippen molar-refractivity contribution < 1.29 is 9.53 Å². The van der Waals surface area contributed by atoms with Crippen LogP contribution < -0.4 is 4.74 Å². The fourth-order valence-electron chi connectivity index (χ4n) is 3.02. The number of hydrogen-bond acceptors (Lipinski definition) is 2. The van der Waals surface area contributed by atoms with E-state index in [1.807, 2.05) is 43.3 Å². The highest BCUT2D eigenvalue weighted by Gasteiger charge is 2.12. The second-order valence-electron chi connectivity index (χ2n) is 5.75. The number of nitrogens with zero attached hydrogens (tertiary/aromatic N) is 1. The number of carbonyl (C=O) groups excluding carboxylic acids is 1. The molecule has 0 saturated heterocycles. The van der Waals surface area contributed by atoms with Crippen molar-refractivity contribution in [1.29, 1.82) is 0 Å². The van der Waals surface area contributed by atoms with E-state index < -0.39 is 0 Å². The quantitative estimate of drug-likeness (QED) is 0.494. The number of rotatable bonds is 6. The summed E-state index contributed by atoms with van der Waals surface area (Å²) in [6, 6.07) is 16.1. The van der Waals surface area contributed by atoms with Crippen LogP contribution in [-0.4, -0.2) is 17.5 Å². The lowest BCUT2D eigenvalue weighted by Crippen LogP contribution is -2.06. The molecule has 3 aromatic rings. The van der Waals surface area contributed by atoms with Gasteiger partial charge in [-0.05, 0) is 38.0 Å². The Balaban J connectivity index is 1.72. The molecular weight excluding hydrogens is 286 g/mol. The first kappa shape index (κ1) is 15.3. The summed E-state index contributed by atoms with van der Waals surface area (Å²) >= 11 is 0. The van der Waals surface area contributed by atoms with Crippen LogP contribution in [0.2, 0.25) is 0 Å². The molecule has 0 radical (unpaired) electrons. The molecule has 0 fully saturated rings. The van der Waals surface area contributed by atoms with E-state index in [0.717, 1.165) is 52.7 Å². The minimum absolute atomic E-state index is 0.660. The van der Waals surface area contributed by atoms with Crippen LogP contribution in [0.1, 0.15) is 28.0 Å². The Labute approximate surface area is 136 Å². The van der Waals surface area contributed by atoms with Crippen LogP contribution in [0.5, 0.6) is 5.75 Å². The molecule has 0 bridgehead atoms. The molecule has 3 rings (SSSR count). The Morgan fingerprint density at radius 1 is 1.04 bits per heavy atom. The van der Waals surface area contributed by atoms with Gasteiger partial charge < -0.3 is 9.30 Å². The van der Waals surface area contributed by atoms with Gasteiger partial charge in [-0.2, -0.15) is 0 Å². The van der Waals surface area contributed by atoms with Crippen LogP contribution in [0.25, 0.3) is 10.9 Å². The molecule has 23 heavy (non-hydrogen) atoms. The summed E-state index contributed by atoms with van der Waals surface area (Å²) in [5, 5.41) is 1.03. The number of aldehydes is 1. The van der Waals surface area contributed by atoms with E-state index >= 15 is 0 Å². The fourth-order valence-corrected chi connectivity index (χ4v) is 3.02. The summed E-state index contributed by atoms with van der Waals surface area (Å²) in [5.74, 6) is 0.940. The molecule has 0 aliphatic heterocycles. The average molecular weight is 307 g/mol. The van der Waals surface area contributed by atoms with Crippen LogP contribution in [0.3, 0.4) is 0 Å². The Bertz CT molecular complexity index is 833. The second-order valence-corrected chi connectivity index (χ2v) is 5.75. The maximum atomic E-state index is 11.4. The van der Waals surface area contributed by atoms with Crippen molar-refractivity contribution in [2.45, 2.75) is 26.8 Å². The molecular formula is C20H21NO2. The number of carbonyl (C=O) groups is 1. The van der Waals surface area contributed by atoms with Gasteiger partial charge in [-0.1, -0.05) is 36.4 Å². The van der Waals surface area contributed by atoms with E-state index in [1.165, 1.54) is 0 Å². The highest BCUT2D eigenvalue weighted by molar-refractivity contribution is 5.99. The molecule has 0 amide bonds. The number of aryl methyl sites for hydroxylation is 2. The number of aromatic nitrogens is 1. The number of para-hydroxylation sites is 2. The monoisotopic (exact) mass is 307 g/mol. The second kappa shape index (κ2) is 6.69. The van der Waals surface area contributed by atoms with Crippen molar-refractivity contribution in [2.75, 3.05) is 6.61 Å². The minimum atomic E-state index is 0.660. The van der Waals surface area contributed by atoms with Gasteiger partial charge in [0.1, 0.15) is 5.75 Å². The van der Waals surface area contributed by atoms with Gasteiger partial charge in [-0.25, -0.2) is 0 Å². The maximum Gasteiger partial charge on any atom is 0.152 e. The van der Waals surface area contributed by atoms with Crippen molar-refractivity contribution in [3.63, 3.8) is 0 Å². The zero-order valence-corrected chi connectivity index (χ0v) is 13.6. The predicted octanol–water partition coefficient (Wildman–Crippen LogP) is 4.54. The van der Waals surface area contributed by atoms with E-state index in [0.29, 0.717) is 6.61 Å². The number of benzene rings is 2. The standard InChI is InChI=1S/C20H21NO2/c1-15-8-3-6-11-20(15)23-13-7-12-21-16(2)18(14-22)17-9-4-5-10-19(17)21/h3-6,8-11,14H,7,12-13H2,1-2H3. The zero-order valence-electron chi connectivity index (χ0n) is 13.6. The van der Waals surface area contributed by atoms with Crippen molar-refractivity contribution >= 4 is 17.2 Å². The first-order chi connectivity index (χ1) is 11.2. The molecule has 0 unspecified atom stereocenters. The summed E-state index contributed by atoms with van der Waals surface area (Å²) in [5.41, 5.74) is 4.08. The lowest BCUT2D eigenvalue weighted by atomic mass is 10.1. The molecule has 0 aliphatic carbocycles. The summed E-state index contributed by atoms with van der Waals surface area (Å²) in [4.78, 5) is 11.4. The van der Waals surface area contributed by atoms with E-state index in [2.05, 4.69) is 23.6 Å². The molecule has 0 aliphatic rings. The third-order valence-electron chi connectivity index (χ3n) is 4.27. The van der Waals surface area contributed by atoms with Gasteiger partial charge in [-0.3, -0.25) is 4.79 Å². The van der Waals surface area contributed by atoms with Crippen molar-refractivity contribution in [1.82, 2.24) is 4.57 Å². The van der Waals surface area contributed by atoms with E-state index in [-0.39, 0.29) is 0 Å². The topological polar surface area (TPSA) is 31.2 Å². The molecule has 0 spiro atoms. The zero-order chi connectivity index (χ0) is 16.2. The molecule has 2 aromatic carbocycles. The Hall–Kier alpha value is -2.55. The van der Waals surface area contributed by atoms with Crippen LogP contribution in [0, 0.1) is 13.8 Å². The third-order valence-corrected chi connectivity index (χ3v) is 4.27. The van der Waals surface area contributed by atoms with Crippen molar-refractivity contribution in [3.8, 4) is 5.75 Å². The van der Waals surface area contributed by atoms with E-state index in [1.54, 1.807) is 0 Å². The SMILES string of the molecule is Cc1ccccc1OCCCn1c(C)c(C=O)c2ccccc21. The largest absolute Gasteiger partial charge is 0.493 e. The summed E-state index contributed by atoms with van der Waals surface area (Å²) in [6.07, 6.45) is 1.85. The Morgan fingerprint density at radius 3 is 2.57 bits per heavy atom. The van der Waals surface area contributed by atoms with E-state index in [4.69, 9.17) is 4.74 Å². The van der Waals surface area contributed by atoms with Gasteiger partial charge in [0.05, 0.1) is 6.61 Å². The smallest absolute Gasteiger partial charge is 0.152 e. The van der Waals surface area contributed by atoms with Gasteiger partial charge in [0.25, 0.3) is 0 Å². The molecule has 118 valence electrons. The van der Waals surface area contributed by atoms with Crippen LogP contribution in [0.4, 0.5) is 0 Å². The fraction of sp³-hybridized carbons (Fsp3) is 0.250. The Kier molecular flexibility index (Phi) is 4.47. The highest BCUT2D eigenvalue weighted by Crippen LogP contribution is 2.24. The third kappa shape index (κ3) is 3.00. The van der Waals surface area contributed by atoms with Crippen molar-refractivity contribution in [3.05, 3.63) is 65.4 Å². The number of ether oxygens (including phenoxy) is 1. The highest BCUT2D eigenvalue weighted by atomic mass is 16.5. The minimum Gasteiger partial charge on any atom is -0.493 e. The van der Waals surface area contributed by atoms with Crippen LogP contribution >= 0.6 is 0 Å². The molecule has 1 heterocycles. The van der Waals surface area contributed by atoms with Gasteiger partial charge >= 0.3 is 0 Å². The van der Waals surface area contributed by atoms with Crippen LogP contribution in [-0.2, 0) is 6.54 Å². The van der Waals surface area contributed by atoms with Gasteiger partial charge in [0.2, 0.25) is 0 Å². The maximum absolute atomic E-state index is 11.4. The van der Waals surface area contributed by atoms with Crippen molar-refractivity contribution in [2.24, 2.45) is 0 Å². The lowest BCUT2D eigenvalue weighted by Gasteiger charge is -2.11. The lowest BCUT2D eigenvalue weighted by molar-refractivity contribution is 0.112. The molecule has 0 saturated carbocycles. The average Bonchev–Trinajstić information content (AvgIpc) is 2.84. The van der Waals surface area contributed by atoms with Gasteiger partial charge in [0.15, 0.2) is 6.29 Å². The summed E-state index contributed by atoms with van der Waals surface area (Å²) < 4.78 is 8.07. The first-order valence-corrected chi connectivity index (χ1v) is 7.94. The normalized spacial score (nSPS) is 10.9.